The lowest BCUT2D eigenvalue weighted by Gasteiger charge is -2.31. The fourth-order valence-electron chi connectivity index (χ4n) is 4.19. The fourth-order valence-corrected chi connectivity index (χ4v) is 4.19. The first-order valence-electron chi connectivity index (χ1n) is 8.97. The van der Waals surface area contributed by atoms with Crippen LogP contribution in [0.4, 0.5) is 4.79 Å². The Morgan fingerprint density at radius 2 is 1.59 bits per heavy atom. The number of nitrogens with one attached hydrogen (secondary N) is 2. The molecule has 27 heavy (non-hydrogen) atoms. The Kier molecular flexibility index (Phi) is 4.18. The van der Waals surface area contributed by atoms with Crippen molar-refractivity contribution in [2.75, 3.05) is 0 Å². The summed E-state index contributed by atoms with van der Waals surface area (Å²) >= 11 is 0. The summed E-state index contributed by atoms with van der Waals surface area (Å²) in [5, 5.41) is 14.5. The van der Waals surface area contributed by atoms with Gasteiger partial charge in [-0.15, -0.1) is 0 Å². The molecule has 0 spiro atoms. The smallest absolute Gasteiger partial charge is 0.322 e. The number of hydrogen-bond donors (Lipinski definition) is 3. The average molecular weight is 364 g/mol. The summed E-state index contributed by atoms with van der Waals surface area (Å²) in [6, 6.07) is 19.0. The van der Waals surface area contributed by atoms with Gasteiger partial charge in [-0.1, -0.05) is 60.7 Å². The molecule has 2 aliphatic rings. The first kappa shape index (κ1) is 17.3. The van der Waals surface area contributed by atoms with Crippen LogP contribution in [0.25, 0.3) is 0 Å². The first-order chi connectivity index (χ1) is 13.0. The van der Waals surface area contributed by atoms with Crippen molar-refractivity contribution >= 4 is 17.9 Å². The normalized spacial score (nSPS) is 26.6. The van der Waals surface area contributed by atoms with Gasteiger partial charge in [0.15, 0.2) is 0 Å². The highest BCUT2D eigenvalue weighted by Gasteiger charge is 2.63. The van der Waals surface area contributed by atoms with E-state index < -0.39 is 35.3 Å². The first-order valence-corrected chi connectivity index (χ1v) is 8.97. The lowest BCUT2D eigenvalue weighted by atomic mass is 9.76. The molecule has 1 saturated heterocycles. The summed E-state index contributed by atoms with van der Waals surface area (Å²) in [5.41, 5.74) is 0.824. The Bertz CT molecular complexity index is 844. The molecule has 1 aliphatic carbocycles. The molecule has 6 nitrogen and oxygen atoms in total. The number of amides is 3. The molecule has 0 bridgehead atoms. The number of benzene rings is 2. The quantitative estimate of drug-likeness (QED) is 0.686. The third-order valence-corrected chi connectivity index (χ3v) is 5.64. The molecule has 1 heterocycles. The summed E-state index contributed by atoms with van der Waals surface area (Å²) in [7, 11) is 0. The molecule has 1 aliphatic heterocycles. The topological polar surface area (TPSA) is 95.5 Å². The van der Waals surface area contributed by atoms with E-state index in [2.05, 4.69) is 10.6 Å². The van der Waals surface area contributed by atoms with Gasteiger partial charge in [0, 0.05) is 11.8 Å². The molecule has 2 aromatic carbocycles. The van der Waals surface area contributed by atoms with Gasteiger partial charge in [-0.05, 0) is 24.0 Å². The van der Waals surface area contributed by atoms with Gasteiger partial charge >= 0.3 is 12.0 Å². The predicted molar refractivity (Wildman–Crippen MR) is 98.0 cm³/mol. The van der Waals surface area contributed by atoms with Crippen molar-refractivity contribution in [3.05, 3.63) is 71.8 Å². The molecule has 4 rings (SSSR count). The van der Waals surface area contributed by atoms with E-state index >= 15 is 0 Å². The lowest BCUT2D eigenvalue weighted by molar-refractivity contribution is -0.139. The van der Waals surface area contributed by atoms with E-state index in [1.807, 2.05) is 60.7 Å². The number of rotatable bonds is 6. The van der Waals surface area contributed by atoms with Crippen LogP contribution in [-0.4, -0.2) is 28.6 Å². The van der Waals surface area contributed by atoms with Gasteiger partial charge < -0.3 is 10.4 Å². The van der Waals surface area contributed by atoms with E-state index in [0.717, 1.165) is 11.1 Å². The molecule has 3 N–H and O–H groups in total. The van der Waals surface area contributed by atoms with Crippen molar-refractivity contribution in [1.29, 1.82) is 0 Å². The Labute approximate surface area is 156 Å². The average Bonchev–Trinajstić information content (AvgIpc) is 3.43. The second-order valence-corrected chi connectivity index (χ2v) is 7.24. The van der Waals surface area contributed by atoms with E-state index in [9.17, 15) is 19.5 Å². The van der Waals surface area contributed by atoms with Crippen molar-refractivity contribution < 1.29 is 19.5 Å². The van der Waals surface area contributed by atoms with Gasteiger partial charge in [0.2, 0.25) is 0 Å². The molecule has 6 heteroatoms. The molecule has 138 valence electrons. The highest BCUT2D eigenvalue weighted by molar-refractivity contribution is 6.08. The van der Waals surface area contributed by atoms with E-state index in [1.165, 1.54) is 0 Å². The SMILES string of the molecule is O=C1NC(=O)[C@](CC(c2ccccc2)c2ccccc2)([C@@H]2C[C@H]2C(=O)O)N1. The summed E-state index contributed by atoms with van der Waals surface area (Å²) < 4.78 is 0. The van der Waals surface area contributed by atoms with Crippen LogP contribution in [0.5, 0.6) is 0 Å². The van der Waals surface area contributed by atoms with Crippen LogP contribution in [0.3, 0.4) is 0 Å². The van der Waals surface area contributed by atoms with Crippen molar-refractivity contribution in [2.24, 2.45) is 11.8 Å². The Balaban J connectivity index is 1.74. The molecule has 0 aromatic heterocycles. The molecular formula is C21H20N2O4. The molecule has 2 fully saturated rings. The summed E-state index contributed by atoms with van der Waals surface area (Å²) in [6.45, 7) is 0. The monoisotopic (exact) mass is 364 g/mol. The van der Waals surface area contributed by atoms with E-state index in [0.29, 0.717) is 12.8 Å². The van der Waals surface area contributed by atoms with E-state index in [1.54, 1.807) is 0 Å². The highest BCUT2D eigenvalue weighted by Crippen LogP contribution is 2.51. The Hall–Kier alpha value is -3.15. The number of aliphatic carboxylic acids is 1. The van der Waals surface area contributed by atoms with Crippen LogP contribution in [0.1, 0.15) is 29.9 Å². The molecule has 3 atom stereocenters. The summed E-state index contributed by atoms with van der Waals surface area (Å²) in [4.78, 5) is 36.1. The third-order valence-electron chi connectivity index (χ3n) is 5.64. The standard InChI is InChI=1S/C21H20N2O4/c24-18(25)15-11-17(15)21(19(26)22-20(27)23-21)12-16(13-7-3-1-4-8-13)14-9-5-2-6-10-14/h1-10,15-17H,11-12H2,(H,24,25)(H2,22,23,26,27)/t15-,17-,21+/m1/s1. The number of carbonyl (C=O) groups excluding carboxylic acids is 2. The molecular weight excluding hydrogens is 344 g/mol. The van der Waals surface area contributed by atoms with Crippen LogP contribution in [-0.2, 0) is 9.59 Å². The number of hydrogen-bond acceptors (Lipinski definition) is 3. The van der Waals surface area contributed by atoms with Crippen molar-refractivity contribution in [3.63, 3.8) is 0 Å². The van der Waals surface area contributed by atoms with Gasteiger partial charge in [-0.3, -0.25) is 14.9 Å². The number of carbonyl (C=O) groups is 3. The number of carboxylic acids is 1. The minimum atomic E-state index is -1.21. The van der Waals surface area contributed by atoms with Crippen molar-refractivity contribution in [2.45, 2.75) is 24.3 Å². The van der Waals surface area contributed by atoms with E-state index in [-0.39, 0.29) is 5.92 Å². The zero-order valence-electron chi connectivity index (χ0n) is 14.6. The van der Waals surface area contributed by atoms with E-state index in [4.69, 9.17) is 0 Å². The zero-order valence-corrected chi connectivity index (χ0v) is 14.6. The number of carboxylic acid groups (broad SMARTS) is 1. The maximum Gasteiger partial charge on any atom is 0.322 e. The minimum Gasteiger partial charge on any atom is -0.481 e. The van der Waals surface area contributed by atoms with Gasteiger partial charge in [0.05, 0.1) is 5.92 Å². The second-order valence-electron chi connectivity index (χ2n) is 7.24. The fraction of sp³-hybridized carbons (Fsp3) is 0.286. The van der Waals surface area contributed by atoms with Crippen LogP contribution in [0.15, 0.2) is 60.7 Å². The van der Waals surface area contributed by atoms with Gasteiger partial charge in [0.1, 0.15) is 5.54 Å². The molecule has 0 radical (unpaired) electrons. The maximum absolute atomic E-state index is 12.8. The molecule has 2 aromatic rings. The predicted octanol–water partition coefficient (Wildman–Crippen LogP) is 2.51. The largest absolute Gasteiger partial charge is 0.481 e. The lowest BCUT2D eigenvalue weighted by Crippen LogP contribution is -2.51. The Morgan fingerprint density at radius 1 is 1.04 bits per heavy atom. The summed E-state index contributed by atoms with van der Waals surface area (Å²) in [6.07, 6.45) is 0.701. The van der Waals surface area contributed by atoms with Crippen molar-refractivity contribution in [3.8, 4) is 0 Å². The van der Waals surface area contributed by atoms with Gasteiger partial charge in [0.25, 0.3) is 5.91 Å². The minimum absolute atomic E-state index is 0.147. The molecule has 1 saturated carbocycles. The van der Waals surface area contributed by atoms with Crippen LogP contribution < -0.4 is 10.6 Å². The van der Waals surface area contributed by atoms with Gasteiger partial charge in [-0.2, -0.15) is 0 Å². The molecule has 3 amide bonds. The Morgan fingerprint density at radius 3 is 2.00 bits per heavy atom. The number of urea groups is 1. The summed E-state index contributed by atoms with van der Waals surface area (Å²) in [5.74, 6) is -2.52. The van der Waals surface area contributed by atoms with Gasteiger partial charge in [-0.25, -0.2) is 4.79 Å². The highest BCUT2D eigenvalue weighted by atomic mass is 16.4. The van der Waals surface area contributed by atoms with Crippen LogP contribution >= 0.6 is 0 Å². The van der Waals surface area contributed by atoms with Crippen LogP contribution in [0.2, 0.25) is 0 Å². The van der Waals surface area contributed by atoms with Crippen molar-refractivity contribution in [1.82, 2.24) is 10.6 Å². The zero-order chi connectivity index (χ0) is 19.0. The molecule has 0 unspecified atom stereocenters. The maximum atomic E-state index is 12.8. The number of imide groups is 1. The van der Waals surface area contributed by atoms with Crippen LogP contribution in [0, 0.1) is 11.8 Å². The second kappa shape index (κ2) is 6.54. The third kappa shape index (κ3) is 3.07.